The number of H-pyrrole nitrogens is 1. The molecule has 4 aromatic rings. The molecule has 3 N–H and O–H groups in total. The smallest absolute Gasteiger partial charge is 0.301 e. The summed E-state index contributed by atoms with van der Waals surface area (Å²) in [5.74, 6) is 0.179. The number of anilines is 1. The lowest BCUT2D eigenvalue weighted by Crippen LogP contribution is -2.13. The van der Waals surface area contributed by atoms with Gasteiger partial charge in [0.05, 0.1) is 11.4 Å². The van der Waals surface area contributed by atoms with Crippen LogP contribution < -0.4 is 11.3 Å². The molecule has 25 heavy (non-hydrogen) atoms. The second-order valence-electron chi connectivity index (χ2n) is 5.55. The van der Waals surface area contributed by atoms with E-state index < -0.39 is 0 Å². The monoisotopic (exact) mass is 329 g/mol. The number of para-hydroxylation sites is 1. The average molecular weight is 329 g/mol. The molecule has 122 valence electrons. The number of benzene rings is 3. The van der Waals surface area contributed by atoms with E-state index in [1.807, 2.05) is 72.8 Å². The van der Waals surface area contributed by atoms with Gasteiger partial charge in [0.2, 0.25) is 0 Å². The van der Waals surface area contributed by atoms with Crippen molar-refractivity contribution in [2.45, 2.75) is 0 Å². The van der Waals surface area contributed by atoms with Crippen molar-refractivity contribution in [1.29, 1.82) is 0 Å². The number of hydrogen-bond acceptors (Lipinski definition) is 4. The first-order valence-electron chi connectivity index (χ1n) is 7.79. The van der Waals surface area contributed by atoms with Crippen molar-refractivity contribution in [3.05, 3.63) is 83.2 Å². The number of aromatic nitrogens is 2. The summed E-state index contributed by atoms with van der Waals surface area (Å²) in [7, 11) is 0. The molecule has 0 spiro atoms. The highest BCUT2D eigenvalue weighted by Gasteiger charge is 2.12. The van der Waals surface area contributed by atoms with Crippen LogP contribution in [-0.4, -0.2) is 9.78 Å². The number of nitrogens with two attached hydrogens (primary N) is 1. The number of rotatable bonds is 3. The minimum Gasteiger partial charge on any atom is -0.382 e. The summed E-state index contributed by atoms with van der Waals surface area (Å²) in [5.41, 5.74) is 7.05. The van der Waals surface area contributed by atoms with E-state index in [4.69, 9.17) is 5.73 Å². The Kier molecular flexibility index (Phi) is 3.63. The van der Waals surface area contributed by atoms with Gasteiger partial charge in [-0.15, -0.1) is 10.2 Å². The zero-order valence-electron chi connectivity index (χ0n) is 13.3. The van der Waals surface area contributed by atoms with Crippen molar-refractivity contribution in [2.24, 2.45) is 10.2 Å². The molecule has 0 aliphatic carbocycles. The SMILES string of the molecule is Nc1[nH]n(-c2ccccc2)c(=O)c1N=Nc1cccc2ccccc12. The Morgan fingerprint density at radius 3 is 2.40 bits per heavy atom. The highest BCUT2D eigenvalue weighted by Crippen LogP contribution is 2.27. The van der Waals surface area contributed by atoms with Crippen LogP contribution in [0.3, 0.4) is 0 Å². The fourth-order valence-corrected chi connectivity index (χ4v) is 2.70. The predicted octanol–water partition coefficient (Wildman–Crippen LogP) is 4.32. The largest absolute Gasteiger partial charge is 0.382 e. The van der Waals surface area contributed by atoms with E-state index in [1.54, 1.807) is 0 Å². The fraction of sp³-hybridized carbons (Fsp3) is 0. The lowest BCUT2D eigenvalue weighted by atomic mass is 10.1. The van der Waals surface area contributed by atoms with Crippen LogP contribution in [0.1, 0.15) is 0 Å². The first-order valence-corrected chi connectivity index (χ1v) is 7.79. The fourth-order valence-electron chi connectivity index (χ4n) is 2.70. The van der Waals surface area contributed by atoms with Gasteiger partial charge >= 0.3 is 5.56 Å². The van der Waals surface area contributed by atoms with Gasteiger partial charge in [-0.1, -0.05) is 54.6 Å². The molecule has 6 heteroatoms. The van der Waals surface area contributed by atoms with E-state index in [0.717, 1.165) is 10.8 Å². The number of nitrogen functional groups attached to an aromatic ring is 1. The molecule has 6 nitrogen and oxygen atoms in total. The summed E-state index contributed by atoms with van der Waals surface area (Å²) < 4.78 is 1.35. The predicted molar refractivity (Wildman–Crippen MR) is 98.9 cm³/mol. The maximum Gasteiger partial charge on any atom is 0.301 e. The van der Waals surface area contributed by atoms with Crippen molar-refractivity contribution in [3.63, 3.8) is 0 Å². The molecule has 0 radical (unpaired) electrons. The highest BCUT2D eigenvalue weighted by molar-refractivity contribution is 5.92. The molecule has 0 aliphatic rings. The Morgan fingerprint density at radius 2 is 1.56 bits per heavy atom. The van der Waals surface area contributed by atoms with Crippen LogP contribution in [-0.2, 0) is 0 Å². The molecule has 0 bridgehead atoms. The van der Waals surface area contributed by atoms with E-state index in [0.29, 0.717) is 11.4 Å². The summed E-state index contributed by atoms with van der Waals surface area (Å²) in [4.78, 5) is 12.6. The minimum absolute atomic E-state index is 0.0942. The third kappa shape index (κ3) is 2.70. The van der Waals surface area contributed by atoms with E-state index in [1.165, 1.54) is 4.68 Å². The van der Waals surface area contributed by atoms with Gasteiger partial charge in [-0.05, 0) is 23.6 Å². The maximum atomic E-state index is 12.6. The first kappa shape index (κ1) is 14.9. The Labute approximate surface area is 143 Å². The van der Waals surface area contributed by atoms with E-state index in [2.05, 4.69) is 15.3 Å². The van der Waals surface area contributed by atoms with Gasteiger partial charge in [-0.25, -0.2) is 4.68 Å². The average Bonchev–Trinajstić information content (AvgIpc) is 2.94. The number of nitrogens with zero attached hydrogens (tertiary/aromatic N) is 3. The third-order valence-electron chi connectivity index (χ3n) is 3.93. The summed E-state index contributed by atoms with van der Waals surface area (Å²) in [5, 5.41) is 13.2. The second kappa shape index (κ2) is 6.09. The van der Waals surface area contributed by atoms with Crippen molar-refractivity contribution < 1.29 is 0 Å². The van der Waals surface area contributed by atoms with Gasteiger partial charge in [0.15, 0.2) is 5.69 Å². The Balaban J connectivity index is 1.77. The summed E-state index contributed by atoms with van der Waals surface area (Å²) in [6.45, 7) is 0. The molecule has 0 amide bonds. The highest BCUT2D eigenvalue weighted by atomic mass is 16.1. The molecule has 1 heterocycles. The lowest BCUT2D eigenvalue weighted by Gasteiger charge is -1.99. The normalized spacial score (nSPS) is 11.4. The molecule has 0 aliphatic heterocycles. The molecule has 1 aromatic heterocycles. The summed E-state index contributed by atoms with van der Waals surface area (Å²) >= 11 is 0. The van der Waals surface area contributed by atoms with Crippen molar-refractivity contribution >= 4 is 28.0 Å². The van der Waals surface area contributed by atoms with Gasteiger partial charge in [-0.3, -0.25) is 9.89 Å². The van der Waals surface area contributed by atoms with Crippen LogP contribution in [0.15, 0.2) is 87.8 Å². The van der Waals surface area contributed by atoms with Gasteiger partial charge in [0, 0.05) is 5.39 Å². The number of fused-ring (bicyclic) bond motifs is 1. The molecule has 0 fully saturated rings. The van der Waals surface area contributed by atoms with Crippen molar-refractivity contribution in [1.82, 2.24) is 9.78 Å². The molecular formula is C19H15N5O. The standard InChI is InChI=1S/C19H15N5O/c20-18-17(19(25)24(23-18)14-9-2-1-3-10-14)22-21-16-12-6-8-13-7-4-5-11-15(13)16/h1-12,23H,20H2. The van der Waals surface area contributed by atoms with Gasteiger partial charge in [0.25, 0.3) is 0 Å². The minimum atomic E-state index is -0.340. The summed E-state index contributed by atoms with van der Waals surface area (Å²) in [6.07, 6.45) is 0. The molecule has 0 atom stereocenters. The zero-order valence-corrected chi connectivity index (χ0v) is 13.3. The quantitative estimate of drug-likeness (QED) is 0.548. The molecule has 4 rings (SSSR count). The number of nitrogens with one attached hydrogen (secondary N) is 1. The van der Waals surface area contributed by atoms with Gasteiger partial charge in [0.1, 0.15) is 5.82 Å². The molecular weight excluding hydrogens is 314 g/mol. The lowest BCUT2D eigenvalue weighted by molar-refractivity contribution is 0.853. The summed E-state index contributed by atoms with van der Waals surface area (Å²) in [6, 6.07) is 22.8. The van der Waals surface area contributed by atoms with E-state index in [9.17, 15) is 4.79 Å². The van der Waals surface area contributed by atoms with Crippen LogP contribution in [0.5, 0.6) is 0 Å². The first-order chi connectivity index (χ1) is 12.2. The van der Waals surface area contributed by atoms with E-state index in [-0.39, 0.29) is 17.1 Å². The number of aromatic amines is 1. The Morgan fingerprint density at radius 1 is 0.840 bits per heavy atom. The van der Waals surface area contributed by atoms with Crippen LogP contribution in [0.4, 0.5) is 17.2 Å². The maximum absolute atomic E-state index is 12.6. The van der Waals surface area contributed by atoms with Gasteiger partial charge in [-0.2, -0.15) is 0 Å². The number of hydrogen-bond donors (Lipinski definition) is 2. The van der Waals surface area contributed by atoms with E-state index >= 15 is 0 Å². The number of azo groups is 1. The van der Waals surface area contributed by atoms with Crippen molar-refractivity contribution in [2.75, 3.05) is 5.73 Å². The molecule has 0 unspecified atom stereocenters. The zero-order chi connectivity index (χ0) is 17.2. The Hall–Kier alpha value is -3.67. The second-order valence-corrected chi connectivity index (χ2v) is 5.55. The van der Waals surface area contributed by atoms with Crippen LogP contribution in [0.25, 0.3) is 16.5 Å². The molecule has 0 saturated carbocycles. The van der Waals surface area contributed by atoms with Crippen LogP contribution in [0.2, 0.25) is 0 Å². The molecule has 0 saturated heterocycles. The topological polar surface area (TPSA) is 88.5 Å². The van der Waals surface area contributed by atoms with Gasteiger partial charge < -0.3 is 5.73 Å². The molecule has 3 aromatic carbocycles. The Bertz CT molecular complexity index is 1120. The van der Waals surface area contributed by atoms with Crippen molar-refractivity contribution in [3.8, 4) is 5.69 Å². The van der Waals surface area contributed by atoms with Crippen LogP contribution >= 0.6 is 0 Å². The third-order valence-corrected chi connectivity index (χ3v) is 3.93. The van der Waals surface area contributed by atoms with Crippen LogP contribution in [0, 0.1) is 0 Å².